The molecule has 4 rings (SSSR count). The summed E-state index contributed by atoms with van der Waals surface area (Å²) in [4.78, 5) is 5.13. The molecule has 3 nitrogen and oxygen atoms in total. The van der Waals surface area contributed by atoms with Crippen molar-refractivity contribution in [2.75, 3.05) is 39.8 Å². The van der Waals surface area contributed by atoms with E-state index in [0.29, 0.717) is 29.8 Å². The van der Waals surface area contributed by atoms with Gasteiger partial charge < -0.3 is 15.1 Å². The second-order valence-electron chi connectivity index (χ2n) is 10.4. The first-order chi connectivity index (χ1) is 15.0. The molecule has 0 amide bonds. The molecule has 31 heavy (non-hydrogen) atoms. The van der Waals surface area contributed by atoms with E-state index in [4.69, 9.17) is 0 Å². The van der Waals surface area contributed by atoms with Crippen molar-refractivity contribution >= 4 is 0 Å². The van der Waals surface area contributed by atoms with E-state index >= 15 is 0 Å². The lowest BCUT2D eigenvalue weighted by Crippen LogP contribution is -2.51. The molecule has 6 unspecified atom stereocenters. The molecule has 3 heteroatoms. The van der Waals surface area contributed by atoms with Gasteiger partial charge in [-0.15, -0.1) is 0 Å². The van der Waals surface area contributed by atoms with Crippen LogP contribution in [0, 0.1) is 23.7 Å². The van der Waals surface area contributed by atoms with Crippen LogP contribution in [0.2, 0.25) is 0 Å². The molecule has 0 aromatic heterocycles. The van der Waals surface area contributed by atoms with Crippen molar-refractivity contribution in [1.82, 2.24) is 15.1 Å². The van der Waals surface area contributed by atoms with Crippen molar-refractivity contribution in [2.45, 2.75) is 52.1 Å². The number of likely N-dealkylation sites (N-methyl/N-ethyl adjacent to an activating group) is 1. The van der Waals surface area contributed by atoms with E-state index < -0.39 is 0 Å². The van der Waals surface area contributed by atoms with Gasteiger partial charge in [-0.2, -0.15) is 0 Å². The Balaban J connectivity index is 1.44. The largest absolute Gasteiger partial charge is 0.304 e. The van der Waals surface area contributed by atoms with Crippen LogP contribution in [0.4, 0.5) is 0 Å². The van der Waals surface area contributed by atoms with Crippen LogP contribution in [0.1, 0.15) is 51.6 Å². The monoisotopic (exact) mass is 421 g/mol. The Morgan fingerprint density at radius 2 is 1.84 bits per heavy atom. The van der Waals surface area contributed by atoms with Gasteiger partial charge in [0.1, 0.15) is 0 Å². The smallest absolute Gasteiger partial charge is 0.0356 e. The minimum atomic E-state index is 0.453. The quantitative estimate of drug-likeness (QED) is 0.658. The minimum Gasteiger partial charge on any atom is -0.304 e. The van der Waals surface area contributed by atoms with Crippen molar-refractivity contribution in [2.24, 2.45) is 23.7 Å². The molecular formula is C28H43N3. The van der Waals surface area contributed by atoms with Gasteiger partial charge in [0.15, 0.2) is 0 Å². The average molecular weight is 422 g/mol. The van der Waals surface area contributed by atoms with E-state index in [9.17, 15) is 0 Å². The van der Waals surface area contributed by atoms with Crippen LogP contribution in [-0.2, 0) is 0 Å². The average Bonchev–Trinajstić information content (AvgIpc) is 2.80. The lowest BCUT2D eigenvalue weighted by molar-refractivity contribution is 0.107. The van der Waals surface area contributed by atoms with Gasteiger partial charge in [0.05, 0.1) is 0 Å². The lowest BCUT2D eigenvalue weighted by Gasteiger charge is -2.47. The van der Waals surface area contributed by atoms with Gasteiger partial charge in [0.2, 0.25) is 0 Å². The standard InChI is InChI=1S/C28H43N3/c1-5-23-12-14-27-26(19-23)22(3)25(28(29-27)24-9-7-6-8-10-24)13-11-21(2)20-31-17-15-30(4)16-18-31/h6-10,12,14,19,21-22,25-29H,5,11,13,15-18,20H2,1-4H3. The van der Waals surface area contributed by atoms with E-state index in [2.05, 4.69) is 91.5 Å². The molecule has 2 aliphatic heterocycles. The highest BCUT2D eigenvalue weighted by Crippen LogP contribution is 2.44. The molecule has 1 aromatic rings. The van der Waals surface area contributed by atoms with E-state index in [-0.39, 0.29) is 0 Å². The molecule has 0 radical (unpaired) electrons. The van der Waals surface area contributed by atoms with Crippen LogP contribution in [0.15, 0.2) is 54.1 Å². The maximum Gasteiger partial charge on any atom is 0.0356 e. The SMILES string of the molecule is CCC1=CC2C(C=C1)NC(c1ccccc1)C(CCC(C)CN1CCN(C)CC1)C2C. The number of hydrogen-bond donors (Lipinski definition) is 1. The summed E-state index contributed by atoms with van der Waals surface area (Å²) in [6.45, 7) is 13.4. The molecule has 2 heterocycles. The fraction of sp³-hybridized carbons (Fsp3) is 0.643. The maximum atomic E-state index is 4.06. The van der Waals surface area contributed by atoms with Crippen molar-refractivity contribution < 1.29 is 0 Å². The van der Waals surface area contributed by atoms with E-state index in [1.807, 2.05) is 0 Å². The molecule has 0 saturated carbocycles. The third-order valence-electron chi connectivity index (χ3n) is 8.15. The molecule has 6 atom stereocenters. The summed E-state index contributed by atoms with van der Waals surface area (Å²) in [7, 11) is 2.24. The summed E-state index contributed by atoms with van der Waals surface area (Å²) in [5.74, 6) is 2.76. The molecule has 2 saturated heterocycles. The second kappa shape index (κ2) is 10.5. The Hall–Kier alpha value is -1.42. The Bertz CT molecular complexity index is 747. The van der Waals surface area contributed by atoms with Crippen LogP contribution < -0.4 is 5.32 Å². The van der Waals surface area contributed by atoms with Gasteiger partial charge in [-0.25, -0.2) is 0 Å². The normalized spacial score (nSPS) is 33.0. The third-order valence-corrected chi connectivity index (χ3v) is 8.15. The van der Waals surface area contributed by atoms with Crippen LogP contribution in [0.5, 0.6) is 0 Å². The topological polar surface area (TPSA) is 18.5 Å². The molecule has 170 valence electrons. The lowest BCUT2D eigenvalue weighted by atomic mass is 9.66. The molecule has 3 aliphatic rings. The summed E-state index contributed by atoms with van der Waals surface area (Å²) in [5, 5.41) is 4.06. The number of hydrogen-bond acceptors (Lipinski definition) is 3. The van der Waals surface area contributed by atoms with Crippen LogP contribution in [0.3, 0.4) is 0 Å². The van der Waals surface area contributed by atoms with Crippen molar-refractivity contribution in [1.29, 1.82) is 0 Å². The van der Waals surface area contributed by atoms with Gasteiger partial charge in [0, 0.05) is 44.8 Å². The van der Waals surface area contributed by atoms with Gasteiger partial charge in [-0.05, 0) is 55.5 Å². The first kappa shape index (κ1) is 22.8. The van der Waals surface area contributed by atoms with E-state index in [1.165, 1.54) is 56.7 Å². The maximum absolute atomic E-state index is 4.06. The third kappa shape index (κ3) is 5.50. The predicted octanol–water partition coefficient (Wildman–Crippen LogP) is 5.14. The molecule has 1 N–H and O–H groups in total. The molecule has 1 aromatic carbocycles. The fourth-order valence-electron chi connectivity index (χ4n) is 6.04. The summed E-state index contributed by atoms with van der Waals surface area (Å²) >= 11 is 0. The number of piperidine rings is 1. The first-order valence-corrected chi connectivity index (χ1v) is 12.7. The molecular weight excluding hydrogens is 378 g/mol. The number of nitrogens with one attached hydrogen (secondary N) is 1. The zero-order valence-corrected chi connectivity index (χ0v) is 20.1. The Labute approximate surface area is 190 Å². The minimum absolute atomic E-state index is 0.453. The van der Waals surface area contributed by atoms with Crippen LogP contribution >= 0.6 is 0 Å². The van der Waals surface area contributed by atoms with Gasteiger partial charge in [-0.1, -0.05) is 74.9 Å². The molecule has 1 aliphatic carbocycles. The van der Waals surface area contributed by atoms with E-state index in [0.717, 1.165) is 12.3 Å². The van der Waals surface area contributed by atoms with Crippen molar-refractivity contribution in [3.8, 4) is 0 Å². The fourth-order valence-corrected chi connectivity index (χ4v) is 6.04. The van der Waals surface area contributed by atoms with Crippen molar-refractivity contribution in [3.05, 3.63) is 59.7 Å². The summed E-state index contributed by atoms with van der Waals surface area (Å²) in [6.07, 6.45) is 11.1. The Kier molecular flexibility index (Phi) is 7.68. The summed E-state index contributed by atoms with van der Waals surface area (Å²) in [5.41, 5.74) is 2.97. The number of rotatable bonds is 7. The van der Waals surface area contributed by atoms with Gasteiger partial charge in [-0.3, -0.25) is 0 Å². The highest BCUT2D eigenvalue weighted by atomic mass is 15.2. The van der Waals surface area contributed by atoms with Crippen LogP contribution in [0.25, 0.3) is 0 Å². The Morgan fingerprint density at radius 1 is 1.10 bits per heavy atom. The predicted molar refractivity (Wildman–Crippen MR) is 132 cm³/mol. The van der Waals surface area contributed by atoms with E-state index in [1.54, 1.807) is 0 Å². The number of allylic oxidation sites excluding steroid dienone is 2. The number of fused-ring (bicyclic) bond motifs is 1. The second-order valence-corrected chi connectivity index (χ2v) is 10.4. The molecule has 0 spiro atoms. The summed E-state index contributed by atoms with van der Waals surface area (Å²) < 4.78 is 0. The van der Waals surface area contributed by atoms with Gasteiger partial charge in [0.25, 0.3) is 0 Å². The van der Waals surface area contributed by atoms with Gasteiger partial charge >= 0.3 is 0 Å². The highest BCUT2D eigenvalue weighted by Gasteiger charge is 2.41. The highest BCUT2D eigenvalue weighted by molar-refractivity contribution is 5.31. The van der Waals surface area contributed by atoms with Crippen LogP contribution in [-0.4, -0.2) is 55.6 Å². The number of benzene rings is 1. The first-order valence-electron chi connectivity index (χ1n) is 12.7. The summed E-state index contributed by atoms with van der Waals surface area (Å²) in [6, 6.07) is 12.1. The zero-order chi connectivity index (χ0) is 21.8. The zero-order valence-electron chi connectivity index (χ0n) is 20.1. The number of nitrogens with zero attached hydrogens (tertiary/aromatic N) is 2. The Morgan fingerprint density at radius 3 is 2.55 bits per heavy atom. The molecule has 0 bridgehead atoms. The van der Waals surface area contributed by atoms with Crippen molar-refractivity contribution in [3.63, 3.8) is 0 Å². The molecule has 2 fully saturated rings. The number of piperazine rings is 1.